The first-order valence-electron chi connectivity index (χ1n) is 9.85. The number of anilines is 1. The van der Waals surface area contributed by atoms with Crippen molar-refractivity contribution in [3.8, 4) is 11.5 Å². The van der Waals surface area contributed by atoms with Crippen molar-refractivity contribution < 1.29 is 22.7 Å². The van der Waals surface area contributed by atoms with E-state index in [0.29, 0.717) is 37.2 Å². The van der Waals surface area contributed by atoms with E-state index in [9.17, 15) is 13.2 Å². The SMILES string of the molecule is CCCn1c(NC(=O)CCS(=O)(=O)c2ccc3c(c2)OCCO3)nc2ccccc21. The van der Waals surface area contributed by atoms with Gasteiger partial charge in [0.05, 0.1) is 21.7 Å². The maximum absolute atomic E-state index is 12.7. The van der Waals surface area contributed by atoms with Gasteiger partial charge in [-0.2, -0.15) is 0 Å². The molecule has 1 aliphatic heterocycles. The van der Waals surface area contributed by atoms with Crippen LogP contribution in [0.3, 0.4) is 0 Å². The lowest BCUT2D eigenvalue weighted by molar-refractivity contribution is -0.115. The lowest BCUT2D eigenvalue weighted by Gasteiger charge is -2.18. The van der Waals surface area contributed by atoms with Gasteiger partial charge >= 0.3 is 0 Å². The third kappa shape index (κ3) is 4.11. The van der Waals surface area contributed by atoms with Crippen molar-refractivity contribution in [1.29, 1.82) is 0 Å². The molecule has 0 saturated carbocycles. The van der Waals surface area contributed by atoms with Crippen molar-refractivity contribution in [3.05, 3.63) is 42.5 Å². The smallest absolute Gasteiger partial charge is 0.227 e. The Balaban J connectivity index is 1.46. The Labute approximate surface area is 174 Å². The molecule has 0 bridgehead atoms. The molecule has 0 aliphatic carbocycles. The summed E-state index contributed by atoms with van der Waals surface area (Å²) < 4.78 is 38.2. The number of aryl methyl sites for hydroxylation is 1. The molecule has 0 radical (unpaired) electrons. The lowest BCUT2D eigenvalue weighted by atomic mass is 10.3. The topological polar surface area (TPSA) is 99.5 Å². The quantitative estimate of drug-likeness (QED) is 0.620. The minimum absolute atomic E-state index is 0.109. The zero-order valence-electron chi connectivity index (χ0n) is 16.6. The highest BCUT2D eigenvalue weighted by molar-refractivity contribution is 7.91. The predicted molar refractivity (Wildman–Crippen MR) is 113 cm³/mol. The second-order valence-corrected chi connectivity index (χ2v) is 9.11. The fraction of sp³-hybridized carbons (Fsp3) is 0.333. The van der Waals surface area contributed by atoms with E-state index in [0.717, 1.165) is 17.5 Å². The molecule has 2 aromatic carbocycles. The number of hydrogen-bond donors (Lipinski definition) is 1. The molecule has 0 atom stereocenters. The molecule has 1 aromatic heterocycles. The van der Waals surface area contributed by atoms with Crippen molar-refractivity contribution in [1.82, 2.24) is 9.55 Å². The van der Waals surface area contributed by atoms with Crippen molar-refractivity contribution >= 4 is 32.7 Å². The van der Waals surface area contributed by atoms with E-state index < -0.39 is 15.7 Å². The predicted octanol–water partition coefficient (Wildman–Crippen LogP) is 3.02. The molecule has 158 valence electrons. The second kappa shape index (κ2) is 8.35. The van der Waals surface area contributed by atoms with Crippen LogP contribution in [0, 0.1) is 0 Å². The van der Waals surface area contributed by atoms with E-state index in [2.05, 4.69) is 10.3 Å². The number of sulfone groups is 1. The van der Waals surface area contributed by atoms with E-state index in [1.54, 1.807) is 6.07 Å². The standard InChI is InChI=1S/C21H23N3O5S/c1-2-10-24-17-6-4-3-5-16(17)22-21(24)23-20(25)9-13-30(26,27)15-7-8-18-19(14-15)29-12-11-28-18/h3-8,14H,2,9-13H2,1H3,(H,22,23,25). The number of amides is 1. The first-order chi connectivity index (χ1) is 14.5. The summed E-state index contributed by atoms with van der Waals surface area (Å²) in [5, 5.41) is 2.76. The largest absolute Gasteiger partial charge is 0.486 e. The maximum atomic E-state index is 12.7. The third-order valence-corrected chi connectivity index (χ3v) is 6.54. The highest BCUT2D eigenvalue weighted by Gasteiger charge is 2.21. The number of imidazole rings is 1. The minimum atomic E-state index is -3.65. The van der Waals surface area contributed by atoms with Crippen LogP contribution in [0.5, 0.6) is 11.5 Å². The molecule has 0 fully saturated rings. The Hall–Kier alpha value is -3.07. The highest BCUT2D eigenvalue weighted by atomic mass is 32.2. The summed E-state index contributed by atoms with van der Waals surface area (Å²) in [6.07, 6.45) is 0.702. The highest BCUT2D eigenvalue weighted by Crippen LogP contribution is 2.32. The first-order valence-corrected chi connectivity index (χ1v) is 11.5. The maximum Gasteiger partial charge on any atom is 0.227 e. The van der Waals surface area contributed by atoms with Gasteiger partial charge in [-0.25, -0.2) is 13.4 Å². The fourth-order valence-corrected chi connectivity index (χ4v) is 4.62. The number of para-hydroxylation sites is 2. The molecule has 1 N–H and O–H groups in total. The molecule has 9 heteroatoms. The van der Waals surface area contributed by atoms with E-state index in [1.165, 1.54) is 12.1 Å². The average molecular weight is 429 g/mol. The molecule has 3 aromatic rings. The van der Waals surface area contributed by atoms with Gasteiger partial charge < -0.3 is 14.0 Å². The molecule has 0 spiro atoms. The Bertz CT molecular complexity index is 1190. The number of hydrogen-bond acceptors (Lipinski definition) is 6. The van der Waals surface area contributed by atoms with Crippen LogP contribution < -0.4 is 14.8 Å². The zero-order chi connectivity index (χ0) is 21.1. The summed E-state index contributed by atoms with van der Waals surface area (Å²) in [6, 6.07) is 12.1. The molecule has 0 unspecified atom stereocenters. The molecule has 1 amide bonds. The van der Waals surface area contributed by atoms with Crippen LogP contribution >= 0.6 is 0 Å². The summed E-state index contributed by atoms with van der Waals surface area (Å²) in [6.45, 7) is 3.55. The number of ether oxygens (including phenoxy) is 2. The van der Waals surface area contributed by atoms with Crippen LogP contribution in [0.1, 0.15) is 19.8 Å². The zero-order valence-corrected chi connectivity index (χ0v) is 17.4. The summed E-state index contributed by atoms with van der Waals surface area (Å²) >= 11 is 0. The fourth-order valence-electron chi connectivity index (χ4n) is 3.37. The summed E-state index contributed by atoms with van der Waals surface area (Å²) in [7, 11) is -3.65. The van der Waals surface area contributed by atoms with E-state index in [4.69, 9.17) is 9.47 Å². The number of aromatic nitrogens is 2. The number of rotatable bonds is 7. The van der Waals surface area contributed by atoms with Gasteiger partial charge in [0.25, 0.3) is 0 Å². The summed E-state index contributed by atoms with van der Waals surface area (Å²) in [5.74, 6) is 0.642. The van der Waals surface area contributed by atoms with Crippen LogP contribution in [0.25, 0.3) is 11.0 Å². The van der Waals surface area contributed by atoms with E-state index in [1.807, 2.05) is 35.8 Å². The second-order valence-electron chi connectivity index (χ2n) is 7.00. The molecule has 0 saturated heterocycles. The summed E-state index contributed by atoms with van der Waals surface area (Å²) in [4.78, 5) is 17.1. The van der Waals surface area contributed by atoms with E-state index >= 15 is 0 Å². The molecule has 8 nitrogen and oxygen atoms in total. The number of nitrogens with one attached hydrogen (secondary N) is 1. The minimum Gasteiger partial charge on any atom is -0.486 e. The number of fused-ring (bicyclic) bond motifs is 2. The molecular weight excluding hydrogens is 406 g/mol. The number of carbonyl (C=O) groups excluding carboxylic acids is 1. The monoisotopic (exact) mass is 429 g/mol. The molecule has 2 heterocycles. The van der Waals surface area contributed by atoms with E-state index in [-0.39, 0.29) is 17.1 Å². The number of carbonyl (C=O) groups is 1. The van der Waals surface area contributed by atoms with Crippen LogP contribution in [0.15, 0.2) is 47.4 Å². The lowest BCUT2D eigenvalue weighted by Crippen LogP contribution is -2.20. The number of nitrogens with zero attached hydrogens (tertiary/aromatic N) is 2. The van der Waals surface area contributed by atoms with Crippen LogP contribution in [-0.4, -0.2) is 42.8 Å². The van der Waals surface area contributed by atoms with Crippen LogP contribution in [-0.2, 0) is 21.2 Å². The van der Waals surface area contributed by atoms with Crippen LogP contribution in [0.2, 0.25) is 0 Å². The number of benzene rings is 2. The van der Waals surface area contributed by atoms with Crippen molar-refractivity contribution in [2.75, 3.05) is 24.3 Å². The molecule has 4 rings (SSSR count). The van der Waals surface area contributed by atoms with Gasteiger partial charge in [0.2, 0.25) is 11.9 Å². The van der Waals surface area contributed by atoms with Crippen molar-refractivity contribution in [3.63, 3.8) is 0 Å². The van der Waals surface area contributed by atoms with Gasteiger partial charge in [-0.1, -0.05) is 19.1 Å². The third-order valence-electron chi connectivity index (χ3n) is 4.82. The molecular formula is C21H23N3O5S. The molecule has 1 aliphatic rings. The van der Waals surface area contributed by atoms with Crippen molar-refractivity contribution in [2.24, 2.45) is 0 Å². The Kier molecular flexibility index (Phi) is 5.63. The summed E-state index contributed by atoms with van der Waals surface area (Å²) in [5.41, 5.74) is 1.71. The Morgan fingerprint density at radius 1 is 1.13 bits per heavy atom. The Morgan fingerprint density at radius 2 is 1.90 bits per heavy atom. The van der Waals surface area contributed by atoms with Gasteiger partial charge in [0, 0.05) is 19.0 Å². The van der Waals surface area contributed by atoms with Gasteiger partial charge in [-0.15, -0.1) is 0 Å². The molecule has 30 heavy (non-hydrogen) atoms. The van der Waals surface area contributed by atoms with Crippen molar-refractivity contribution in [2.45, 2.75) is 31.2 Å². The van der Waals surface area contributed by atoms with Crippen LogP contribution in [0.4, 0.5) is 5.95 Å². The van der Waals surface area contributed by atoms with Gasteiger partial charge in [-0.3, -0.25) is 10.1 Å². The van der Waals surface area contributed by atoms with Gasteiger partial charge in [0.1, 0.15) is 13.2 Å². The van der Waals surface area contributed by atoms with Gasteiger partial charge in [0.15, 0.2) is 21.3 Å². The normalized spacial score (nSPS) is 13.4. The van der Waals surface area contributed by atoms with Gasteiger partial charge in [-0.05, 0) is 30.7 Å². The average Bonchev–Trinajstić information content (AvgIpc) is 3.09. The Morgan fingerprint density at radius 3 is 2.70 bits per heavy atom. The first kappa shape index (κ1) is 20.2.